The zero-order chi connectivity index (χ0) is 26.2. The van der Waals surface area contributed by atoms with Gasteiger partial charge in [-0.1, -0.05) is 12.1 Å². The van der Waals surface area contributed by atoms with E-state index in [9.17, 15) is 4.79 Å². The molecule has 0 spiro atoms. The predicted molar refractivity (Wildman–Crippen MR) is 147 cm³/mol. The molecule has 5 rings (SSSR count). The Hall–Kier alpha value is -4.07. The van der Waals surface area contributed by atoms with Crippen LogP contribution in [0.4, 0.5) is 16.3 Å². The summed E-state index contributed by atoms with van der Waals surface area (Å²) in [6.07, 6.45) is 5.21. The van der Waals surface area contributed by atoms with E-state index in [0.29, 0.717) is 13.1 Å². The number of pyridine rings is 2. The first-order valence-corrected chi connectivity index (χ1v) is 12.5. The molecule has 1 aromatic carbocycles. The van der Waals surface area contributed by atoms with E-state index in [1.165, 1.54) is 0 Å². The Morgan fingerprint density at radius 2 is 1.68 bits per heavy atom. The molecular formula is C29H33N5O3. The van der Waals surface area contributed by atoms with Crippen LogP contribution in [-0.2, 0) is 4.74 Å². The van der Waals surface area contributed by atoms with Crippen LogP contribution < -0.4 is 9.80 Å². The summed E-state index contributed by atoms with van der Waals surface area (Å²) >= 11 is 0. The van der Waals surface area contributed by atoms with Crippen LogP contribution in [0.3, 0.4) is 0 Å². The summed E-state index contributed by atoms with van der Waals surface area (Å²) in [7, 11) is 3.94. The maximum atomic E-state index is 12.3. The van der Waals surface area contributed by atoms with Gasteiger partial charge in [0.25, 0.3) is 0 Å². The number of rotatable bonds is 4. The summed E-state index contributed by atoms with van der Waals surface area (Å²) in [6.45, 7) is 8.50. The van der Waals surface area contributed by atoms with E-state index in [2.05, 4.69) is 34.1 Å². The first-order chi connectivity index (χ1) is 17.7. The third-order valence-corrected chi connectivity index (χ3v) is 6.42. The van der Waals surface area contributed by atoms with Crippen LogP contribution in [0.5, 0.6) is 0 Å². The van der Waals surface area contributed by atoms with E-state index < -0.39 is 5.60 Å². The van der Waals surface area contributed by atoms with E-state index in [1.807, 2.05) is 64.2 Å². The minimum absolute atomic E-state index is 0.242. The first-order valence-electron chi connectivity index (χ1n) is 12.5. The minimum Gasteiger partial charge on any atom is -0.462 e. The normalized spacial score (nSPS) is 14.2. The monoisotopic (exact) mass is 499 g/mol. The van der Waals surface area contributed by atoms with E-state index >= 15 is 0 Å². The van der Waals surface area contributed by atoms with Crippen molar-refractivity contribution in [1.29, 1.82) is 0 Å². The number of benzene rings is 1. The highest BCUT2D eigenvalue weighted by Gasteiger charge is 2.26. The molecule has 0 saturated carbocycles. The number of amides is 1. The minimum atomic E-state index is -0.478. The Bertz CT molecular complexity index is 1400. The van der Waals surface area contributed by atoms with E-state index in [0.717, 1.165) is 57.9 Å². The SMILES string of the molecule is CN(C)c1cc(-c2coc3cc(-c4ccc(N5CCN(C(=O)OC(C)(C)C)CC5)cc4)cnc23)ccn1. The van der Waals surface area contributed by atoms with Crippen molar-refractivity contribution in [3.63, 3.8) is 0 Å². The third-order valence-electron chi connectivity index (χ3n) is 6.42. The molecule has 1 aliphatic heterocycles. The lowest BCUT2D eigenvalue weighted by Crippen LogP contribution is -2.50. The second kappa shape index (κ2) is 9.76. The lowest BCUT2D eigenvalue weighted by atomic mass is 10.0. The lowest BCUT2D eigenvalue weighted by molar-refractivity contribution is 0.0240. The van der Waals surface area contributed by atoms with Gasteiger partial charge in [-0.15, -0.1) is 0 Å². The zero-order valence-electron chi connectivity index (χ0n) is 22.1. The molecule has 1 fully saturated rings. The molecular weight excluding hydrogens is 466 g/mol. The van der Waals surface area contributed by atoms with Crippen molar-refractivity contribution in [2.24, 2.45) is 0 Å². The highest BCUT2D eigenvalue weighted by molar-refractivity contribution is 5.93. The Balaban J connectivity index is 1.28. The van der Waals surface area contributed by atoms with Gasteiger partial charge in [-0.3, -0.25) is 4.98 Å². The number of piperazine rings is 1. The molecule has 8 nitrogen and oxygen atoms in total. The van der Waals surface area contributed by atoms with Crippen molar-refractivity contribution < 1.29 is 13.9 Å². The molecule has 0 aliphatic carbocycles. The quantitative estimate of drug-likeness (QED) is 0.358. The van der Waals surface area contributed by atoms with Crippen LogP contribution in [0.25, 0.3) is 33.4 Å². The number of nitrogens with zero attached hydrogens (tertiary/aromatic N) is 5. The summed E-state index contributed by atoms with van der Waals surface area (Å²) in [5.74, 6) is 0.884. The lowest BCUT2D eigenvalue weighted by Gasteiger charge is -2.36. The van der Waals surface area contributed by atoms with Crippen LogP contribution in [0, 0.1) is 0 Å². The number of carbonyl (C=O) groups is 1. The molecule has 0 unspecified atom stereocenters. The Labute approximate surface area is 217 Å². The summed E-state index contributed by atoms with van der Waals surface area (Å²) in [5, 5.41) is 0. The van der Waals surface area contributed by atoms with Gasteiger partial charge in [0.2, 0.25) is 0 Å². The summed E-state index contributed by atoms with van der Waals surface area (Å²) in [4.78, 5) is 27.5. The van der Waals surface area contributed by atoms with Crippen LogP contribution in [-0.4, -0.2) is 66.8 Å². The Morgan fingerprint density at radius 1 is 0.946 bits per heavy atom. The molecule has 1 amide bonds. The number of ether oxygens (including phenoxy) is 1. The maximum absolute atomic E-state index is 12.3. The van der Waals surface area contributed by atoms with Crippen molar-refractivity contribution >= 4 is 28.7 Å². The maximum Gasteiger partial charge on any atom is 0.410 e. The molecule has 0 atom stereocenters. The molecule has 4 heterocycles. The Kier molecular flexibility index (Phi) is 6.50. The fraction of sp³-hybridized carbons (Fsp3) is 0.345. The fourth-order valence-electron chi connectivity index (χ4n) is 4.45. The van der Waals surface area contributed by atoms with Gasteiger partial charge in [-0.2, -0.15) is 0 Å². The molecule has 4 aromatic rings. The van der Waals surface area contributed by atoms with Crippen LogP contribution in [0.2, 0.25) is 0 Å². The predicted octanol–water partition coefficient (Wildman–Crippen LogP) is 5.68. The van der Waals surface area contributed by atoms with Gasteiger partial charge in [-0.25, -0.2) is 9.78 Å². The number of anilines is 2. The Morgan fingerprint density at radius 3 is 2.35 bits per heavy atom. The average molecular weight is 500 g/mol. The highest BCUT2D eigenvalue weighted by atomic mass is 16.6. The molecule has 8 heteroatoms. The number of furan rings is 1. The number of aromatic nitrogens is 2. The topological polar surface area (TPSA) is 74.9 Å². The average Bonchev–Trinajstić information content (AvgIpc) is 3.31. The molecule has 1 saturated heterocycles. The van der Waals surface area contributed by atoms with Crippen molar-refractivity contribution in [2.75, 3.05) is 50.1 Å². The molecule has 1 aliphatic rings. The van der Waals surface area contributed by atoms with Crippen molar-refractivity contribution in [3.05, 3.63) is 61.1 Å². The molecule has 0 N–H and O–H groups in total. The van der Waals surface area contributed by atoms with Crippen molar-refractivity contribution in [2.45, 2.75) is 26.4 Å². The van der Waals surface area contributed by atoms with Crippen LogP contribution >= 0.6 is 0 Å². The number of hydrogen-bond acceptors (Lipinski definition) is 7. The smallest absolute Gasteiger partial charge is 0.410 e. The zero-order valence-corrected chi connectivity index (χ0v) is 22.1. The van der Waals surface area contributed by atoms with Gasteiger partial charge >= 0.3 is 6.09 Å². The molecule has 192 valence electrons. The number of hydrogen-bond donors (Lipinski definition) is 0. The van der Waals surface area contributed by atoms with E-state index in [4.69, 9.17) is 14.1 Å². The molecule has 0 radical (unpaired) electrons. The van der Waals surface area contributed by atoms with Crippen molar-refractivity contribution in [1.82, 2.24) is 14.9 Å². The molecule has 0 bridgehead atoms. The third kappa shape index (κ3) is 5.38. The van der Waals surface area contributed by atoms with Crippen molar-refractivity contribution in [3.8, 4) is 22.3 Å². The molecule has 37 heavy (non-hydrogen) atoms. The molecule has 3 aromatic heterocycles. The van der Waals surface area contributed by atoms with E-state index in [1.54, 1.807) is 17.4 Å². The highest BCUT2D eigenvalue weighted by Crippen LogP contribution is 2.33. The number of fused-ring (bicyclic) bond motifs is 1. The largest absolute Gasteiger partial charge is 0.462 e. The summed E-state index contributed by atoms with van der Waals surface area (Å²) < 4.78 is 11.4. The second-order valence-corrected chi connectivity index (χ2v) is 10.5. The van der Waals surface area contributed by atoms with Gasteiger partial charge in [-0.05, 0) is 62.2 Å². The summed E-state index contributed by atoms with van der Waals surface area (Å²) in [5.41, 5.74) is 6.28. The van der Waals surface area contributed by atoms with Gasteiger partial charge in [0.1, 0.15) is 23.2 Å². The van der Waals surface area contributed by atoms with Gasteiger partial charge in [0.15, 0.2) is 5.58 Å². The van der Waals surface area contributed by atoms with Gasteiger partial charge in [0, 0.05) is 69.5 Å². The van der Waals surface area contributed by atoms with Crippen LogP contribution in [0.15, 0.2) is 65.5 Å². The van der Waals surface area contributed by atoms with E-state index in [-0.39, 0.29) is 6.09 Å². The summed E-state index contributed by atoms with van der Waals surface area (Å²) in [6, 6.07) is 14.5. The second-order valence-electron chi connectivity index (χ2n) is 10.5. The fourth-order valence-corrected chi connectivity index (χ4v) is 4.45. The first kappa shape index (κ1) is 24.6. The van der Waals surface area contributed by atoms with Gasteiger partial charge in [0.05, 0.1) is 0 Å². The standard InChI is InChI=1S/C29H33N5O3/c1-29(2,3)37-28(35)34-14-12-33(13-15-34)23-8-6-20(7-9-23)22-16-25-27(31-18-22)24(19-36-25)21-10-11-30-26(17-21)32(4)5/h6-11,16-19H,12-15H2,1-5H3. The number of carbonyl (C=O) groups excluding carboxylic acids is 1. The van der Waals surface area contributed by atoms with Crippen LogP contribution in [0.1, 0.15) is 20.8 Å². The van der Waals surface area contributed by atoms with Gasteiger partial charge < -0.3 is 23.9 Å².